The minimum atomic E-state index is 0.379. The minimum Gasteiger partial charge on any atom is -0.382 e. The molecule has 0 aliphatic carbocycles. The number of nitrogens with zero attached hydrogens (tertiary/aromatic N) is 7. The lowest BCUT2D eigenvalue weighted by molar-refractivity contribution is 0.839. The second kappa shape index (κ2) is 5.90. The van der Waals surface area contributed by atoms with Crippen molar-refractivity contribution in [2.24, 2.45) is 0 Å². The lowest BCUT2D eigenvalue weighted by atomic mass is 10.1. The van der Waals surface area contributed by atoms with Gasteiger partial charge in [0, 0.05) is 35.8 Å². The monoisotopic (exact) mass is 332 g/mol. The molecule has 0 radical (unpaired) electrons. The molecule has 0 unspecified atom stereocenters. The number of aryl methyl sites for hydroxylation is 2. The smallest absolute Gasteiger partial charge is 0.156 e. The number of aromatic nitrogens is 7. The van der Waals surface area contributed by atoms with Gasteiger partial charge in [0.05, 0.1) is 17.6 Å². The van der Waals surface area contributed by atoms with E-state index in [1.54, 1.807) is 29.3 Å². The maximum Gasteiger partial charge on any atom is 0.156 e. The maximum atomic E-state index is 6.02. The third-order valence-corrected chi connectivity index (χ3v) is 4.03. The molecular weight excluding hydrogens is 316 g/mol. The summed E-state index contributed by atoms with van der Waals surface area (Å²) in [6.07, 6.45) is 9.28. The van der Waals surface area contributed by atoms with Crippen LogP contribution in [0.1, 0.15) is 18.3 Å². The number of anilines is 1. The van der Waals surface area contributed by atoms with Crippen LogP contribution in [0.25, 0.3) is 28.0 Å². The van der Waals surface area contributed by atoms with E-state index in [2.05, 4.69) is 25.0 Å². The minimum absolute atomic E-state index is 0.379. The summed E-state index contributed by atoms with van der Waals surface area (Å²) < 4.78 is 1.68. The first-order valence-corrected chi connectivity index (χ1v) is 7.90. The summed E-state index contributed by atoms with van der Waals surface area (Å²) in [5.74, 6) is 1.06. The van der Waals surface area contributed by atoms with E-state index in [1.165, 1.54) is 6.33 Å². The fraction of sp³-hybridized carbons (Fsp3) is 0.176. The van der Waals surface area contributed by atoms with E-state index < -0.39 is 0 Å². The van der Waals surface area contributed by atoms with Crippen LogP contribution in [0.2, 0.25) is 0 Å². The Kier molecular flexibility index (Phi) is 3.57. The molecule has 25 heavy (non-hydrogen) atoms. The van der Waals surface area contributed by atoms with Crippen molar-refractivity contribution in [1.29, 1.82) is 0 Å². The van der Waals surface area contributed by atoms with Crippen molar-refractivity contribution in [1.82, 2.24) is 34.7 Å². The van der Waals surface area contributed by atoms with E-state index in [0.717, 1.165) is 34.5 Å². The van der Waals surface area contributed by atoms with Crippen LogP contribution in [-0.4, -0.2) is 34.7 Å². The van der Waals surface area contributed by atoms with Gasteiger partial charge >= 0.3 is 0 Å². The van der Waals surface area contributed by atoms with E-state index >= 15 is 0 Å². The van der Waals surface area contributed by atoms with E-state index in [1.807, 2.05) is 20.0 Å². The highest BCUT2D eigenvalue weighted by Gasteiger charge is 2.14. The Labute approximate surface area is 143 Å². The number of fused-ring (bicyclic) bond motifs is 1. The van der Waals surface area contributed by atoms with Crippen molar-refractivity contribution in [3.05, 3.63) is 48.6 Å². The molecule has 4 aromatic heterocycles. The van der Waals surface area contributed by atoms with Gasteiger partial charge in [-0.05, 0) is 13.3 Å². The van der Waals surface area contributed by atoms with Gasteiger partial charge in [0.25, 0.3) is 0 Å². The van der Waals surface area contributed by atoms with Gasteiger partial charge < -0.3 is 5.73 Å². The van der Waals surface area contributed by atoms with Crippen LogP contribution in [0.5, 0.6) is 0 Å². The van der Waals surface area contributed by atoms with E-state index in [0.29, 0.717) is 17.2 Å². The SMILES string of the molecule is CCc1nc2c(N)ncc(-c3cnn(-c4ccncn4)c3)c2nc1C. The average Bonchev–Trinajstić information content (AvgIpc) is 3.12. The van der Waals surface area contributed by atoms with Crippen molar-refractivity contribution in [3.8, 4) is 16.9 Å². The molecule has 0 saturated carbocycles. The van der Waals surface area contributed by atoms with Gasteiger partial charge in [-0.2, -0.15) is 5.10 Å². The molecule has 0 amide bonds. The number of rotatable bonds is 3. The van der Waals surface area contributed by atoms with Crippen LogP contribution in [0.15, 0.2) is 37.2 Å². The molecule has 4 rings (SSSR count). The van der Waals surface area contributed by atoms with Gasteiger partial charge in [-0.15, -0.1) is 0 Å². The Morgan fingerprint density at radius 3 is 2.76 bits per heavy atom. The summed E-state index contributed by atoms with van der Waals surface area (Å²) in [4.78, 5) is 21.8. The largest absolute Gasteiger partial charge is 0.382 e. The first-order chi connectivity index (χ1) is 12.2. The summed E-state index contributed by atoms with van der Waals surface area (Å²) in [5.41, 5.74) is 10.9. The van der Waals surface area contributed by atoms with Crippen LogP contribution >= 0.6 is 0 Å². The third kappa shape index (κ3) is 2.57. The van der Waals surface area contributed by atoms with Crippen molar-refractivity contribution < 1.29 is 0 Å². The standard InChI is InChI=1S/C17H16N8/c1-3-13-10(2)23-15-12(7-20-17(18)16(15)24-13)11-6-22-25(8-11)14-4-5-19-9-21-14/h4-9H,3H2,1-2H3,(H2,18,20). The van der Waals surface area contributed by atoms with E-state index in [9.17, 15) is 0 Å². The molecule has 2 N–H and O–H groups in total. The van der Waals surface area contributed by atoms with Crippen molar-refractivity contribution in [2.75, 3.05) is 5.73 Å². The highest BCUT2D eigenvalue weighted by molar-refractivity contribution is 5.95. The molecule has 0 aliphatic rings. The second-order valence-electron chi connectivity index (χ2n) is 5.60. The van der Waals surface area contributed by atoms with Gasteiger partial charge in [0.2, 0.25) is 0 Å². The van der Waals surface area contributed by atoms with Crippen LogP contribution in [0.3, 0.4) is 0 Å². The Balaban J connectivity index is 1.89. The molecular formula is C17H16N8. The molecule has 8 nitrogen and oxygen atoms in total. The molecule has 0 bridgehead atoms. The summed E-state index contributed by atoms with van der Waals surface area (Å²) in [6.45, 7) is 4.00. The summed E-state index contributed by atoms with van der Waals surface area (Å²) in [5, 5.41) is 4.37. The Hall–Kier alpha value is -3.42. The van der Waals surface area contributed by atoms with Crippen LogP contribution < -0.4 is 5.73 Å². The third-order valence-electron chi connectivity index (χ3n) is 4.03. The van der Waals surface area contributed by atoms with Crippen molar-refractivity contribution in [3.63, 3.8) is 0 Å². The first-order valence-electron chi connectivity index (χ1n) is 7.90. The zero-order chi connectivity index (χ0) is 17.4. The fourth-order valence-electron chi connectivity index (χ4n) is 2.73. The van der Waals surface area contributed by atoms with Crippen LogP contribution in [0.4, 0.5) is 5.82 Å². The molecule has 8 heteroatoms. The lowest BCUT2D eigenvalue weighted by Gasteiger charge is -2.09. The number of nitrogen functional groups attached to an aromatic ring is 1. The zero-order valence-electron chi connectivity index (χ0n) is 13.9. The molecule has 4 aromatic rings. The van der Waals surface area contributed by atoms with Crippen LogP contribution in [-0.2, 0) is 6.42 Å². The summed E-state index contributed by atoms with van der Waals surface area (Å²) in [6, 6.07) is 1.79. The topological polar surface area (TPSA) is 108 Å². The molecule has 0 spiro atoms. The molecule has 0 saturated heterocycles. The van der Waals surface area contributed by atoms with Gasteiger partial charge in [0.15, 0.2) is 11.6 Å². The van der Waals surface area contributed by atoms with E-state index in [-0.39, 0.29) is 0 Å². The van der Waals surface area contributed by atoms with Gasteiger partial charge in [-0.25, -0.2) is 29.6 Å². The predicted molar refractivity (Wildman–Crippen MR) is 94.0 cm³/mol. The molecule has 0 fully saturated rings. The molecule has 4 heterocycles. The van der Waals surface area contributed by atoms with Crippen molar-refractivity contribution >= 4 is 16.9 Å². The van der Waals surface area contributed by atoms with Gasteiger partial charge in [-0.1, -0.05) is 6.92 Å². The summed E-state index contributed by atoms with van der Waals surface area (Å²) in [7, 11) is 0. The number of hydrogen-bond donors (Lipinski definition) is 1. The van der Waals surface area contributed by atoms with Crippen molar-refractivity contribution in [2.45, 2.75) is 20.3 Å². The second-order valence-corrected chi connectivity index (χ2v) is 5.60. The average molecular weight is 332 g/mol. The Morgan fingerprint density at radius 1 is 1.12 bits per heavy atom. The maximum absolute atomic E-state index is 6.02. The number of nitrogens with two attached hydrogens (primary N) is 1. The molecule has 0 aromatic carbocycles. The Morgan fingerprint density at radius 2 is 2.00 bits per heavy atom. The van der Waals surface area contributed by atoms with Crippen LogP contribution in [0, 0.1) is 6.92 Å². The molecule has 124 valence electrons. The molecule has 0 atom stereocenters. The highest BCUT2D eigenvalue weighted by atomic mass is 15.3. The summed E-state index contributed by atoms with van der Waals surface area (Å²) >= 11 is 0. The lowest BCUT2D eigenvalue weighted by Crippen LogP contribution is -2.02. The Bertz CT molecular complexity index is 1060. The fourth-order valence-corrected chi connectivity index (χ4v) is 2.73. The van der Waals surface area contributed by atoms with Gasteiger partial charge in [0.1, 0.15) is 17.4 Å². The zero-order valence-corrected chi connectivity index (χ0v) is 13.9. The normalized spacial score (nSPS) is 11.1. The number of pyridine rings is 1. The number of hydrogen-bond acceptors (Lipinski definition) is 7. The predicted octanol–water partition coefficient (Wildman–Crippen LogP) is 2.12. The molecule has 0 aliphatic heterocycles. The highest BCUT2D eigenvalue weighted by Crippen LogP contribution is 2.29. The first kappa shape index (κ1) is 15.1. The van der Waals surface area contributed by atoms with E-state index in [4.69, 9.17) is 10.7 Å². The van der Waals surface area contributed by atoms with Gasteiger partial charge in [-0.3, -0.25) is 0 Å². The quantitative estimate of drug-likeness (QED) is 0.612.